The molecule has 0 aliphatic carbocycles. The number of carbonyl (C=O) groups excluding carboxylic acids is 1. The topological polar surface area (TPSA) is 143 Å². The average molecular weight is 566 g/mol. The van der Waals surface area contributed by atoms with Gasteiger partial charge in [-0.15, -0.1) is 0 Å². The lowest BCUT2D eigenvalue weighted by atomic mass is 10.0. The average Bonchev–Trinajstić information content (AvgIpc) is 2.76. The van der Waals surface area contributed by atoms with Crippen molar-refractivity contribution in [3.05, 3.63) is 40.9 Å². The maximum absolute atomic E-state index is 13.0. The van der Waals surface area contributed by atoms with Gasteiger partial charge in [0, 0.05) is 12.7 Å². The number of carbonyl (C=O) groups is 2. The second-order valence-electron chi connectivity index (χ2n) is 10.0. The highest BCUT2D eigenvalue weighted by molar-refractivity contribution is 9.10. The van der Waals surface area contributed by atoms with Crippen LogP contribution in [0.3, 0.4) is 0 Å². The Bertz CT molecular complexity index is 1090. The smallest absolute Gasteiger partial charge is 0.412 e. The quantitative estimate of drug-likeness (QED) is 0.300. The standard InChI is InChI=1S/C23H33BrN6O4Si/c1-23(2,3)35(4,5)34-18-13-27-11-9-17(18)30(22(32)33)16-8-10-26-12-15(16)28-21(31)20-14(25)6-7-19(24)29-20/h6-8,10,12,17-18,27H,9,11,13,25H2,1-5H3,(H,28,31)(H,32,33). The fraction of sp³-hybridized carbons (Fsp3) is 0.478. The predicted molar refractivity (Wildman–Crippen MR) is 142 cm³/mol. The molecule has 0 spiro atoms. The van der Waals surface area contributed by atoms with E-state index in [0.717, 1.165) is 0 Å². The van der Waals surface area contributed by atoms with Crippen molar-refractivity contribution < 1.29 is 19.1 Å². The molecule has 2 unspecified atom stereocenters. The lowest BCUT2D eigenvalue weighted by molar-refractivity contribution is 0.102. The van der Waals surface area contributed by atoms with Crippen LogP contribution in [-0.2, 0) is 4.43 Å². The van der Waals surface area contributed by atoms with Crippen LogP contribution in [-0.4, -0.2) is 60.6 Å². The van der Waals surface area contributed by atoms with E-state index in [0.29, 0.717) is 29.8 Å². The Hall–Kier alpha value is -2.54. The highest BCUT2D eigenvalue weighted by Gasteiger charge is 2.44. The Labute approximate surface area is 214 Å². The number of anilines is 3. The number of aromatic nitrogens is 2. The van der Waals surface area contributed by atoms with Gasteiger partial charge in [-0.3, -0.25) is 14.7 Å². The molecular weight excluding hydrogens is 532 g/mol. The summed E-state index contributed by atoms with van der Waals surface area (Å²) >= 11 is 3.24. The van der Waals surface area contributed by atoms with Gasteiger partial charge in [0.2, 0.25) is 0 Å². The van der Waals surface area contributed by atoms with E-state index in [4.69, 9.17) is 10.2 Å². The number of carboxylic acid groups (broad SMARTS) is 1. The zero-order valence-electron chi connectivity index (χ0n) is 20.6. The summed E-state index contributed by atoms with van der Waals surface area (Å²) in [4.78, 5) is 35.1. The zero-order chi connectivity index (χ0) is 26.0. The number of hydrogen-bond acceptors (Lipinski definition) is 7. The van der Waals surface area contributed by atoms with E-state index in [1.54, 1.807) is 18.2 Å². The molecule has 2 amide bonds. The van der Waals surface area contributed by atoms with Crippen molar-refractivity contribution in [3.63, 3.8) is 0 Å². The van der Waals surface area contributed by atoms with Crippen molar-refractivity contribution in [2.45, 2.75) is 57.5 Å². The molecule has 1 fully saturated rings. The molecule has 1 saturated heterocycles. The normalized spacial score (nSPS) is 18.7. The Kier molecular flexibility index (Phi) is 8.20. The lowest BCUT2D eigenvalue weighted by Crippen LogP contribution is -2.59. The third-order valence-electron chi connectivity index (χ3n) is 6.59. The first-order valence-electron chi connectivity index (χ1n) is 11.4. The second kappa shape index (κ2) is 10.6. The maximum Gasteiger partial charge on any atom is 0.412 e. The Morgan fingerprint density at radius 3 is 2.69 bits per heavy atom. The summed E-state index contributed by atoms with van der Waals surface area (Å²) in [5, 5.41) is 16.3. The molecule has 2 aromatic rings. The minimum atomic E-state index is -2.18. The van der Waals surface area contributed by atoms with Crippen LogP contribution in [0.5, 0.6) is 0 Å². The van der Waals surface area contributed by atoms with Crippen LogP contribution in [0.4, 0.5) is 21.9 Å². The minimum absolute atomic E-state index is 0.0251. The fourth-order valence-electron chi connectivity index (χ4n) is 3.71. The molecule has 2 atom stereocenters. The fourth-order valence-corrected chi connectivity index (χ4v) is 5.37. The number of rotatable bonds is 6. The Morgan fingerprint density at radius 2 is 2.03 bits per heavy atom. The van der Waals surface area contributed by atoms with E-state index in [-0.39, 0.29) is 28.2 Å². The van der Waals surface area contributed by atoms with Gasteiger partial charge in [0.05, 0.1) is 35.4 Å². The van der Waals surface area contributed by atoms with Crippen LogP contribution < -0.4 is 21.3 Å². The van der Waals surface area contributed by atoms with Crippen molar-refractivity contribution in [1.29, 1.82) is 0 Å². The van der Waals surface area contributed by atoms with Crippen molar-refractivity contribution >= 4 is 53.3 Å². The number of nitrogens with two attached hydrogens (primary N) is 1. The summed E-state index contributed by atoms with van der Waals surface area (Å²) in [6, 6.07) is 4.33. The van der Waals surface area contributed by atoms with Gasteiger partial charge >= 0.3 is 6.09 Å². The van der Waals surface area contributed by atoms with Gasteiger partial charge in [-0.1, -0.05) is 20.8 Å². The Morgan fingerprint density at radius 1 is 1.31 bits per heavy atom. The van der Waals surface area contributed by atoms with Gasteiger partial charge in [-0.05, 0) is 65.2 Å². The third kappa shape index (κ3) is 6.18. The molecule has 0 saturated carbocycles. The van der Waals surface area contributed by atoms with Gasteiger partial charge in [0.25, 0.3) is 5.91 Å². The predicted octanol–water partition coefficient (Wildman–Crippen LogP) is 4.31. The largest absolute Gasteiger partial charge is 0.465 e. The molecule has 5 N–H and O–H groups in total. The number of nitrogens with one attached hydrogen (secondary N) is 2. The molecule has 1 aliphatic heterocycles. The second-order valence-corrected chi connectivity index (χ2v) is 15.6. The van der Waals surface area contributed by atoms with Gasteiger partial charge in [0.1, 0.15) is 4.60 Å². The maximum atomic E-state index is 13.0. The van der Waals surface area contributed by atoms with E-state index in [1.807, 2.05) is 0 Å². The minimum Gasteiger partial charge on any atom is -0.465 e. The molecule has 0 radical (unpaired) electrons. The molecule has 2 aromatic heterocycles. The lowest BCUT2D eigenvalue weighted by Gasteiger charge is -2.45. The van der Waals surface area contributed by atoms with Crippen molar-refractivity contribution in [2.24, 2.45) is 0 Å². The molecule has 3 heterocycles. The number of halogens is 1. The molecule has 10 nitrogen and oxygen atoms in total. The molecule has 35 heavy (non-hydrogen) atoms. The van der Waals surface area contributed by atoms with Crippen LogP contribution in [0.25, 0.3) is 0 Å². The highest BCUT2D eigenvalue weighted by Crippen LogP contribution is 2.39. The summed E-state index contributed by atoms with van der Waals surface area (Å²) < 4.78 is 7.12. The summed E-state index contributed by atoms with van der Waals surface area (Å²) in [5.74, 6) is -0.567. The summed E-state index contributed by atoms with van der Waals surface area (Å²) in [6.45, 7) is 11.9. The molecule has 190 valence electrons. The van der Waals surface area contributed by atoms with E-state index in [2.05, 4.69) is 70.4 Å². The van der Waals surface area contributed by atoms with E-state index >= 15 is 0 Å². The zero-order valence-corrected chi connectivity index (χ0v) is 23.2. The summed E-state index contributed by atoms with van der Waals surface area (Å²) in [6.07, 6.45) is 1.99. The van der Waals surface area contributed by atoms with Gasteiger partial charge < -0.3 is 25.9 Å². The van der Waals surface area contributed by atoms with Gasteiger partial charge in [-0.25, -0.2) is 9.78 Å². The number of nitrogens with zero attached hydrogens (tertiary/aromatic N) is 3. The van der Waals surface area contributed by atoms with Gasteiger partial charge in [-0.2, -0.15) is 0 Å². The molecule has 0 bridgehead atoms. The van der Waals surface area contributed by atoms with Crippen LogP contribution in [0.1, 0.15) is 37.7 Å². The van der Waals surface area contributed by atoms with E-state index in [9.17, 15) is 14.7 Å². The highest BCUT2D eigenvalue weighted by atomic mass is 79.9. The molecule has 3 rings (SSSR count). The first-order chi connectivity index (χ1) is 16.3. The molecule has 1 aliphatic rings. The van der Waals surface area contributed by atoms with Crippen LogP contribution in [0.2, 0.25) is 18.1 Å². The van der Waals surface area contributed by atoms with Crippen LogP contribution >= 0.6 is 15.9 Å². The molecular formula is C23H33BrN6O4Si. The molecule has 12 heteroatoms. The molecule has 0 aromatic carbocycles. The van der Waals surface area contributed by atoms with Crippen LogP contribution in [0.15, 0.2) is 35.2 Å². The number of nitrogen functional groups attached to an aromatic ring is 1. The SMILES string of the molecule is CC(C)(C)[Si](C)(C)OC1CNCCC1N(C(=O)O)c1ccncc1NC(=O)c1nc(Br)ccc1N. The number of pyridine rings is 2. The van der Waals surface area contributed by atoms with E-state index in [1.165, 1.54) is 17.3 Å². The summed E-state index contributed by atoms with van der Waals surface area (Å²) in [7, 11) is -2.18. The Balaban J connectivity index is 1.96. The van der Waals surface area contributed by atoms with Crippen molar-refractivity contribution in [3.8, 4) is 0 Å². The first kappa shape index (κ1) is 27.1. The van der Waals surface area contributed by atoms with Crippen LogP contribution in [0, 0.1) is 0 Å². The summed E-state index contributed by atoms with van der Waals surface area (Å²) in [5.41, 5.74) is 6.71. The third-order valence-corrected chi connectivity index (χ3v) is 11.5. The van der Waals surface area contributed by atoms with Crippen molar-refractivity contribution in [1.82, 2.24) is 15.3 Å². The number of amides is 2. The number of hydrogen-bond donors (Lipinski definition) is 4. The first-order valence-corrected chi connectivity index (χ1v) is 15.1. The van der Waals surface area contributed by atoms with E-state index < -0.39 is 26.4 Å². The monoisotopic (exact) mass is 564 g/mol. The van der Waals surface area contributed by atoms with Gasteiger partial charge in [0.15, 0.2) is 14.0 Å². The van der Waals surface area contributed by atoms with Crippen molar-refractivity contribution in [2.75, 3.05) is 29.0 Å². The number of piperidine rings is 1.